The second kappa shape index (κ2) is 5.21. The van der Waals surface area contributed by atoms with Gasteiger partial charge in [-0.15, -0.1) is 0 Å². The van der Waals surface area contributed by atoms with Gasteiger partial charge in [0.2, 0.25) is 5.91 Å². The normalized spacial score (nSPS) is 23.8. The number of rotatable bonds is 2. The third-order valence-electron chi connectivity index (χ3n) is 3.60. The number of alkyl halides is 2. The second-order valence-electron chi connectivity index (χ2n) is 5.03. The van der Waals surface area contributed by atoms with E-state index in [-0.39, 0.29) is 5.91 Å². The van der Waals surface area contributed by atoms with Crippen LogP contribution in [-0.4, -0.2) is 21.7 Å². The molecule has 0 spiro atoms. The van der Waals surface area contributed by atoms with Crippen molar-refractivity contribution in [3.8, 4) is 0 Å². The van der Waals surface area contributed by atoms with E-state index >= 15 is 0 Å². The molecule has 1 fully saturated rings. The number of hydrogen-bond donors (Lipinski definition) is 0. The maximum atomic E-state index is 12.5. The summed E-state index contributed by atoms with van der Waals surface area (Å²) in [5.74, 6) is -0.459. The molecular formula is C15H12BrCl2NO. The van der Waals surface area contributed by atoms with Crippen LogP contribution in [0, 0.1) is 5.92 Å². The largest absolute Gasteiger partial charge is 0.334 e. The van der Waals surface area contributed by atoms with E-state index in [0.717, 1.165) is 15.6 Å². The molecule has 20 heavy (non-hydrogen) atoms. The number of allylic oxidation sites excluding steroid dienone is 3. The van der Waals surface area contributed by atoms with Gasteiger partial charge in [-0.3, -0.25) is 4.79 Å². The van der Waals surface area contributed by atoms with E-state index < -0.39 is 10.3 Å². The van der Waals surface area contributed by atoms with Crippen molar-refractivity contribution < 1.29 is 4.79 Å². The van der Waals surface area contributed by atoms with Crippen molar-refractivity contribution in [3.05, 3.63) is 58.1 Å². The highest BCUT2D eigenvalue weighted by atomic mass is 79.9. The fourth-order valence-electron chi connectivity index (χ4n) is 2.63. The first-order chi connectivity index (χ1) is 9.47. The molecule has 0 N–H and O–H groups in total. The molecule has 1 saturated heterocycles. The van der Waals surface area contributed by atoms with Crippen molar-refractivity contribution in [2.45, 2.75) is 10.9 Å². The Kier molecular flexibility index (Phi) is 3.69. The lowest BCUT2D eigenvalue weighted by Gasteiger charge is -2.25. The Bertz CT molecular complexity index is 607. The average Bonchev–Trinajstić information content (AvgIpc) is 2.70. The molecule has 1 aromatic carbocycles. The summed E-state index contributed by atoms with van der Waals surface area (Å²) in [5.41, 5.74) is 2.07. The van der Waals surface area contributed by atoms with Crippen molar-refractivity contribution in [1.29, 1.82) is 0 Å². The molecule has 1 aromatic rings. The molecule has 1 heterocycles. The fraction of sp³-hybridized carbons (Fsp3) is 0.267. The number of hydrogen-bond acceptors (Lipinski definition) is 1. The summed E-state index contributed by atoms with van der Waals surface area (Å²) in [6.45, 7) is 1.16. The highest BCUT2D eigenvalue weighted by Gasteiger charge is 2.48. The Morgan fingerprint density at radius 3 is 2.65 bits per heavy atom. The number of carbonyl (C=O) groups is 1. The maximum absolute atomic E-state index is 12.5. The second-order valence-corrected chi connectivity index (χ2v) is 7.39. The highest BCUT2D eigenvalue weighted by molar-refractivity contribution is 9.10. The summed E-state index contributed by atoms with van der Waals surface area (Å²) in [4.78, 5) is 14.3. The molecule has 0 aromatic heterocycles. The van der Waals surface area contributed by atoms with E-state index in [1.807, 2.05) is 36.4 Å². The zero-order chi connectivity index (χ0) is 14.3. The molecule has 104 valence electrons. The summed E-state index contributed by atoms with van der Waals surface area (Å²) < 4.78 is -0.106. The molecule has 1 amide bonds. The fourth-order valence-corrected chi connectivity index (χ4v) is 3.51. The van der Waals surface area contributed by atoms with Gasteiger partial charge in [-0.1, -0.05) is 63.4 Å². The van der Waals surface area contributed by atoms with Gasteiger partial charge in [0.05, 0.1) is 5.92 Å². The minimum Gasteiger partial charge on any atom is -0.334 e. The number of benzene rings is 1. The van der Waals surface area contributed by atoms with E-state index in [1.54, 1.807) is 11.0 Å². The SMILES string of the molecule is O=C1C2C(=CC=CC2(Cl)Cl)CN1Cc1ccc(Br)cc1. The van der Waals surface area contributed by atoms with Gasteiger partial charge in [-0.2, -0.15) is 0 Å². The first kappa shape index (κ1) is 14.2. The lowest BCUT2D eigenvalue weighted by atomic mass is 9.93. The van der Waals surface area contributed by atoms with Crippen LogP contribution >= 0.6 is 39.1 Å². The number of halogens is 3. The quantitative estimate of drug-likeness (QED) is 0.716. The van der Waals surface area contributed by atoms with Gasteiger partial charge in [-0.25, -0.2) is 0 Å². The summed E-state index contributed by atoms with van der Waals surface area (Å²) in [7, 11) is 0. The molecule has 0 bridgehead atoms. The van der Waals surface area contributed by atoms with Gasteiger partial charge in [0.25, 0.3) is 0 Å². The molecule has 1 unspecified atom stereocenters. The topological polar surface area (TPSA) is 20.3 Å². The lowest BCUT2D eigenvalue weighted by Crippen LogP contribution is -2.34. The summed E-state index contributed by atoms with van der Waals surface area (Å²) in [6.07, 6.45) is 5.43. The lowest BCUT2D eigenvalue weighted by molar-refractivity contribution is -0.131. The highest BCUT2D eigenvalue weighted by Crippen LogP contribution is 2.44. The van der Waals surface area contributed by atoms with Gasteiger partial charge >= 0.3 is 0 Å². The molecule has 0 saturated carbocycles. The Labute approximate surface area is 136 Å². The number of nitrogens with zero attached hydrogens (tertiary/aromatic N) is 1. The summed E-state index contributed by atoms with van der Waals surface area (Å²) in [6, 6.07) is 7.94. The molecule has 2 aliphatic rings. The maximum Gasteiger partial charge on any atom is 0.233 e. The summed E-state index contributed by atoms with van der Waals surface area (Å²) >= 11 is 15.9. The molecule has 0 radical (unpaired) electrons. The standard InChI is InChI=1S/C15H12BrCl2NO/c16-12-5-3-10(4-6-12)8-19-9-11-2-1-7-15(17,18)13(11)14(19)20/h1-7,13H,8-9H2. The van der Waals surface area contributed by atoms with Crippen molar-refractivity contribution in [2.24, 2.45) is 5.92 Å². The van der Waals surface area contributed by atoms with Crippen LogP contribution in [0.15, 0.2) is 52.5 Å². The molecular weight excluding hydrogens is 361 g/mol. The van der Waals surface area contributed by atoms with E-state index in [1.165, 1.54) is 0 Å². The van der Waals surface area contributed by atoms with E-state index in [9.17, 15) is 4.79 Å². The number of fused-ring (bicyclic) bond motifs is 1. The van der Waals surface area contributed by atoms with Crippen LogP contribution < -0.4 is 0 Å². The van der Waals surface area contributed by atoms with Crippen LogP contribution in [0.3, 0.4) is 0 Å². The van der Waals surface area contributed by atoms with Crippen LogP contribution in [0.2, 0.25) is 0 Å². The Hall–Kier alpha value is -0.770. The summed E-state index contributed by atoms with van der Waals surface area (Å²) in [5, 5.41) is 0. The van der Waals surface area contributed by atoms with Crippen LogP contribution in [0.25, 0.3) is 0 Å². The molecule has 3 rings (SSSR count). The zero-order valence-corrected chi connectivity index (χ0v) is 13.6. The van der Waals surface area contributed by atoms with Crippen molar-refractivity contribution in [3.63, 3.8) is 0 Å². The smallest absolute Gasteiger partial charge is 0.233 e. The monoisotopic (exact) mass is 371 g/mol. The number of carbonyl (C=O) groups excluding carboxylic acids is 1. The predicted molar refractivity (Wildman–Crippen MR) is 84.7 cm³/mol. The van der Waals surface area contributed by atoms with Crippen LogP contribution in [0.5, 0.6) is 0 Å². The third kappa shape index (κ3) is 2.54. The van der Waals surface area contributed by atoms with Crippen molar-refractivity contribution >= 4 is 45.0 Å². The molecule has 2 nitrogen and oxygen atoms in total. The van der Waals surface area contributed by atoms with Gasteiger partial charge in [-0.05, 0) is 29.3 Å². The average molecular weight is 373 g/mol. The van der Waals surface area contributed by atoms with E-state index in [4.69, 9.17) is 23.2 Å². The Morgan fingerprint density at radius 2 is 2.00 bits per heavy atom. The Balaban J connectivity index is 1.81. The van der Waals surface area contributed by atoms with Crippen LogP contribution in [0.4, 0.5) is 0 Å². The van der Waals surface area contributed by atoms with Gasteiger partial charge in [0.15, 0.2) is 4.33 Å². The molecule has 1 aliphatic heterocycles. The minimum absolute atomic E-state index is 0.00600. The minimum atomic E-state index is -1.13. The molecule has 1 atom stereocenters. The van der Waals surface area contributed by atoms with Crippen molar-refractivity contribution in [2.75, 3.05) is 6.54 Å². The third-order valence-corrected chi connectivity index (χ3v) is 4.82. The first-order valence-electron chi connectivity index (χ1n) is 6.27. The van der Waals surface area contributed by atoms with Crippen LogP contribution in [0.1, 0.15) is 5.56 Å². The van der Waals surface area contributed by atoms with Gasteiger partial charge in [0, 0.05) is 17.6 Å². The van der Waals surface area contributed by atoms with Crippen LogP contribution in [-0.2, 0) is 11.3 Å². The molecule has 5 heteroatoms. The van der Waals surface area contributed by atoms with E-state index in [0.29, 0.717) is 13.1 Å². The molecule has 1 aliphatic carbocycles. The van der Waals surface area contributed by atoms with E-state index in [2.05, 4.69) is 15.9 Å². The van der Waals surface area contributed by atoms with Gasteiger partial charge < -0.3 is 4.90 Å². The zero-order valence-electron chi connectivity index (χ0n) is 10.5. The van der Waals surface area contributed by atoms with Crippen molar-refractivity contribution in [1.82, 2.24) is 4.90 Å². The predicted octanol–water partition coefficient (Wildman–Crippen LogP) is 4.08. The Morgan fingerprint density at radius 1 is 1.30 bits per heavy atom. The first-order valence-corrected chi connectivity index (χ1v) is 7.81. The van der Waals surface area contributed by atoms with Gasteiger partial charge in [0.1, 0.15) is 0 Å². The number of likely N-dealkylation sites (tertiary alicyclic amines) is 1. The number of amides is 1.